The number of amides is 4. The van der Waals surface area contributed by atoms with E-state index in [0.29, 0.717) is 37.1 Å². The maximum absolute atomic E-state index is 13.7. The lowest BCUT2D eigenvalue weighted by atomic mass is 9.89. The molecule has 2 aliphatic rings. The van der Waals surface area contributed by atoms with Crippen LogP contribution in [0.1, 0.15) is 64.7 Å². The van der Waals surface area contributed by atoms with Crippen molar-refractivity contribution in [1.29, 1.82) is 0 Å². The van der Waals surface area contributed by atoms with Gasteiger partial charge in [-0.05, 0) is 75.8 Å². The van der Waals surface area contributed by atoms with Crippen LogP contribution in [0.25, 0.3) is 0 Å². The summed E-state index contributed by atoms with van der Waals surface area (Å²) in [7, 11) is 0. The van der Waals surface area contributed by atoms with E-state index >= 15 is 0 Å². The van der Waals surface area contributed by atoms with Crippen molar-refractivity contribution in [2.75, 3.05) is 23.7 Å². The predicted octanol–water partition coefficient (Wildman–Crippen LogP) is 5.33. The van der Waals surface area contributed by atoms with Crippen LogP contribution in [-0.4, -0.2) is 51.7 Å². The topological polar surface area (TPSA) is 113 Å². The zero-order chi connectivity index (χ0) is 31.8. The average molecular weight is 614 g/mol. The van der Waals surface area contributed by atoms with Crippen molar-refractivity contribution in [2.24, 2.45) is 0 Å². The molecule has 0 spiro atoms. The van der Waals surface area contributed by atoms with Gasteiger partial charge in [-0.25, -0.2) is 22.4 Å². The molecular weight excluding hydrogens is 582 g/mol. The Labute approximate surface area is 250 Å². The smallest absolute Gasteiger partial charge is 0.321 e. The Kier molecular flexibility index (Phi) is 8.49. The molecule has 44 heavy (non-hydrogen) atoms. The molecule has 3 N–H and O–H groups in total. The van der Waals surface area contributed by atoms with Crippen molar-refractivity contribution in [2.45, 2.75) is 58.0 Å². The van der Waals surface area contributed by atoms with Crippen LogP contribution >= 0.6 is 0 Å². The molecule has 4 amide bonds. The second kappa shape index (κ2) is 12.1. The molecule has 0 bridgehead atoms. The summed E-state index contributed by atoms with van der Waals surface area (Å²) in [6.45, 7) is 4.24. The number of urea groups is 1. The first-order chi connectivity index (χ1) is 20.9. The monoisotopic (exact) mass is 613 g/mol. The van der Waals surface area contributed by atoms with Gasteiger partial charge in [-0.3, -0.25) is 14.4 Å². The van der Waals surface area contributed by atoms with Crippen molar-refractivity contribution in [1.82, 2.24) is 14.8 Å². The van der Waals surface area contributed by atoms with Crippen molar-refractivity contribution in [3.63, 3.8) is 0 Å². The fourth-order valence-electron chi connectivity index (χ4n) is 5.78. The minimum absolute atomic E-state index is 0.0486. The number of Topliss-reactive ketones (excluding diaryl/α,β-unsaturated/α-hetero) is 1. The molecule has 1 aromatic heterocycles. The number of halogens is 4. The average Bonchev–Trinajstić information content (AvgIpc) is 3.28. The normalized spacial score (nSPS) is 15.7. The lowest BCUT2D eigenvalue weighted by molar-refractivity contribution is -0.119. The lowest BCUT2D eigenvalue weighted by Crippen LogP contribution is -2.56. The maximum atomic E-state index is 13.7. The number of fused-ring (bicyclic) bond motifs is 1. The molecule has 2 aromatic carbocycles. The van der Waals surface area contributed by atoms with Gasteiger partial charge in [-0.2, -0.15) is 0 Å². The highest BCUT2D eigenvalue weighted by Crippen LogP contribution is 2.30. The summed E-state index contributed by atoms with van der Waals surface area (Å²) in [4.78, 5) is 54.3. The van der Waals surface area contributed by atoms with E-state index in [1.807, 2.05) is 0 Å². The third kappa shape index (κ3) is 6.17. The van der Waals surface area contributed by atoms with Crippen molar-refractivity contribution < 1.29 is 36.7 Å². The number of hydrogen-bond donors (Lipinski definition) is 3. The summed E-state index contributed by atoms with van der Waals surface area (Å²) < 4.78 is 55.5. The molecular formula is C31H31F4N5O4. The van der Waals surface area contributed by atoms with Crippen LogP contribution in [0, 0.1) is 30.2 Å². The molecule has 0 atom stereocenters. The Morgan fingerprint density at radius 2 is 1.39 bits per heavy atom. The Morgan fingerprint density at radius 1 is 0.795 bits per heavy atom. The second-order valence-electron chi connectivity index (χ2n) is 11.4. The Balaban J connectivity index is 1.27. The number of carbonyl (C=O) groups is 4. The second-order valence-corrected chi connectivity index (χ2v) is 11.4. The Hall–Kier alpha value is -4.68. The van der Waals surface area contributed by atoms with Crippen molar-refractivity contribution in [3.8, 4) is 0 Å². The number of rotatable bonds is 6. The van der Waals surface area contributed by atoms with E-state index in [1.165, 1.54) is 17.0 Å². The third-order valence-corrected chi connectivity index (χ3v) is 8.23. The van der Waals surface area contributed by atoms with Gasteiger partial charge in [0.2, 0.25) is 0 Å². The van der Waals surface area contributed by atoms with Gasteiger partial charge in [0.25, 0.3) is 17.6 Å². The maximum Gasteiger partial charge on any atom is 0.321 e. The minimum atomic E-state index is -1.12. The van der Waals surface area contributed by atoms with E-state index in [4.69, 9.17) is 0 Å². The lowest BCUT2D eigenvalue weighted by Gasteiger charge is -2.39. The molecule has 1 fully saturated rings. The minimum Gasteiger partial charge on any atom is -0.344 e. The van der Waals surface area contributed by atoms with Gasteiger partial charge in [0.1, 0.15) is 0 Å². The van der Waals surface area contributed by atoms with Gasteiger partial charge in [-0.1, -0.05) is 0 Å². The quantitative estimate of drug-likeness (QED) is 0.198. The van der Waals surface area contributed by atoms with E-state index in [0.717, 1.165) is 37.1 Å². The fraction of sp³-hybridized carbons (Fsp3) is 0.355. The van der Waals surface area contributed by atoms with Gasteiger partial charge in [0.15, 0.2) is 23.3 Å². The fourth-order valence-corrected chi connectivity index (χ4v) is 5.78. The first kappa shape index (κ1) is 30.8. The standard InChI is InChI=1S/C31H31F4N5O4/c1-17-25(28(42)36-18-6-8-20(32)22(34)15-18)24-5-3-4-12-40(24)26(17)27(41)29(43)38-31(2)10-13-39(14-11-31)30(44)37-19-7-9-21(33)23(35)16-19/h6-9,15-16H,3-5,10-14H2,1-2H3,(H,36,42)(H,37,44)(H,38,43). The summed E-state index contributed by atoms with van der Waals surface area (Å²) in [5, 5.41) is 7.89. The van der Waals surface area contributed by atoms with Crippen LogP contribution in [0.4, 0.5) is 33.7 Å². The van der Waals surface area contributed by atoms with E-state index in [1.54, 1.807) is 18.4 Å². The van der Waals surface area contributed by atoms with Crippen LogP contribution in [0.2, 0.25) is 0 Å². The van der Waals surface area contributed by atoms with Crippen LogP contribution in [0.15, 0.2) is 36.4 Å². The molecule has 0 aliphatic carbocycles. The summed E-state index contributed by atoms with van der Waals surface area (Å²) in [6.07, 6.45) is 2.66. The van der Waals surface area contributed by atoms with Gasteiger partial charge in [0.05, 0.1) is 11.3 Å². The third-order valence-electron chi connectivity index (χ3n) is 8.23. The number of nitrogens with zero attached hydrogens (tertiary/aromatic N) is 2. The van der Waals surface area contributed by atoms with E-state index < -0.39 is 52.4 Å². The number of piperidine rings is 1. The molecule has 2 aliphatic heterocycles. The van der Waals surface area contributed by atoms with Crippen molar-refractivity contribution >= 4 is 35.0 Å². The molecule has 3 aromatic rings. The zero-order valence-electron chi connectivity index (χ0n) is 24.2. The van der Waals surface area contributed by atoms with Crippen LogP contribution in [-0.2, 0) is 17.8 Å². The number of ketones is 1. The molecule has 0 saturated carbocycles. The van der Waals surface area contributed by atoms with Crippen molar-refractivity contribution in [3.05, 3.63) is 82.2 Å². The first-order valence-electron chi connectivity index (χ1n) is 14.2. The van der Waals surface area contributed by atoms with Crippen LogP contribution in [0.5, 0.6) is 0 Å². The number of benzene rings is 2. The molecule has 3 heterocycles. The van der Waals surface area contributed by atoms with Gasteiger partial charge >= 0.3 is 6.03 Å². The number of hydrogen-bond acceptors (Lipinski definition) is 4. The summed E-state index contributed by atoms with van der Waals surface area (Å²) in [5.74, 6) is -6.54. The van der Waals surface area contributed by atoms with Gasteiger partial charge in [-0.15, -0.1) is 0 Å². The molecule has 9 nitrogen and oxygen atoms in total. The SMILES string of the molecule is Cc1c(C(=O)Nc2ccc(F)c(F)c2)c2n(c1C(=O)C(=O)NC1(C)CCN(C(=O)Nc3ccc(F)c(F)c3)CC1)CCCC2. The highest BCUT2D eigenvalue weighted by atomic mass is 19.2. The summed E-state index contributed by atoms with van der Waals surface area (Å²) in [6, 6.07) is 5.52. The highest BCUT2D eigenvalue weighted by Gasteiger charge is 2.37. The van der Waals surface area contributed by atoms with Gasteiger partial charge < -0.3 is 25.4 Å². The molecule has 13 heteroatoms. The highest BCUT2D eigenvalue weighted by molar-refractivity contribution is 6.43. The van der Waals surface area contributed by atoms with E-state index in [9.17, 15) is 36.7 Å². The number of carbonyl (C=O) groups excluding carboxylic acids is 4. The largest absolute Gasteiger partial charge is 0.344 e. The van der Waals surface area contributed by atoms with E-state index in [-0.39, 0.29) is 35.7 Å². The Bertz CT molecular complexity index is 1660. The molecule has 0 unspecified atom stereocenters. The molecule has 1 saturated heterocycles. The summed E-state index contributed by atoms with van der Waals surface area (Å²) in [5.41, 5.74) is 0.561. The van der Waals surface area contributed by atoms with Gasteiger partial charge in [0, 0.05) is 54.4 Å². The number of nitrogens with one attached hydrogen (secondary N) is 3. The number of aromatic nitrogens is 1. The number of anilines is 2. The zero-order valence-corrected chi connectivity index (χ0v) is 24.2. The first-order valence-corrected chi connectivity index (χ1v) is 14.2. The van der Waals surface area contributed by atoms with Crippen LogP contribution in [0.3, 0.4) is 0 Å². The Morgan fingerprint density at radius 3 is 1.98 bits per heavy atom. The van der Waals surface area contributed by atoms with Crippen LogP contribution < -0.4 is 16.0 Å². The summed E-state index contributed by atoms with van der Waals surface area (Å²) >= 11 is 0. The molecule has 232 valence electrons. The number of likely N-dealkylation sites (tertiary alicyclic amines) is 1. The molecule has 5 rings (SSSR count). The predicted molar refractivity (Wildman–Crippen MR) is 153 cm³/mol. The van der Waals surface area contributed by atoms with E-state index in [2.05, 4.69) is 16.0 Å². The molecule has 0 radical (unpaired) electrons.